The number of amides is 1. The predicted octanol–water partition coefficient (Wildman–Crippen LogP) is 2.45. The first-order chi connectivity index (χ1) is 7.77. The molecule has 0 saturated carbocycles. The molecule has 0 aliphatic carbocycles. The molecule has 1 aliphatic heterocycles. The van der Waals surface area contributed by atoms with Crippen molar-refractivity contribution >= 4 is 5.91 Å². The minimum atomic E-state index is 0.166. The molecule has 1 unspecified atom stereocenters. The Bertz CT molecular complexity index is 206. The molecule has 16 heavy (non-hydrogen) atoms. The van der Waals surface area contributed by atoms with Gasteiger partial charge in [-0.25, -0.2) is 0 Å². The molecule has 1 saturated heterocycles. The van der Waals surface area contributed by atoms with Crippen LogP contribution in [0.1, 0.15) is 46.0 Å². The van der Waals surface area contributed by atoms with E-state index in [9.17, 15) is 4.79 Å². The van der Waals surface area contributed by atoms with Crippen molar-refractivity contribution in [1.82, 2.24) is 4.90 Å². The summed E-state index contributed by atoms with van der Waals surface area (Å²) < 4.78 is 5.17. The fourth-order valence-electron chi connectivity index (χ4n) is 2.39. The quantitative estimate of drug-likeness (QED) is 0.722. The Morgan fingerprint density at radius 1 is 1.31 bits per heavy atom. The standard InChI is InChI=1S/C13H25NO2/c1-3-6-12-7-5-9-14(10-8-12)13(15)11-16-4-2/h12H,3-11H2,1-2H3. The maximum atomic E-state index is 11.8. The summed E-state index contributed by atoms with van der Waals surface area (Å²) in [5.74, 6) is 0.994. The molecule has 3 nitrogen and oxygen atoms in total. The lowest BCUT2D eigenvalue weighted by atomic mass is 9.96. The van der Waals surface area contributed by atoms with Crippen LogP contribution in [0.25, 0.3) is 0 Å². The van der Waals surface area contributed by atoms with Gasteiger partial charge < -0.3 is 9.64 Å². The summed E-state index contributed by atoms with van der Waals surface area (Å²) in [5.41, 5.74) is 0. The number of carbonyl (C=O) groups is 1. The minimum absolute atomic E-state index is 0.166. The van der Waals surface area contributed by atoms with E-state index in [2.05, 4.69) is 6.92 Å². The van der Waals surface area contributed by atoms with Gasteiger partial charge in [0.2, 0.25) is 5.91 Å². The molecular formula is C13H25NO2. The van der Waals surface area contributed by atoms with Gasteiger partial charge in [-0.3, -0.25) is 4.79 Å². The fraction of sp³-hybridized carbons (Fsp3) is 0.923. The van der Waals surface area contributed by atoms with Crippen LogP contribution in [0.15, 0.2) is 0 Å². The van der Waals surface area contributed by atoms with E-state index in [0.717, 1.165) is 25.4 Å². The highest BCUT2D eigenvalue weighted by Gasteiger charge is 2.19. The lowest BCUT2D eigenvalue weighted by Gasteiger charge is -2.20. The average Bonchev–Trinajstić information content (AvgIpc) is 2.52. The van der Waals surface area contributed by atoms with E-state index in [0.29, 0.717) is 6.61 Å². The molecule has 0 aromatic carbocycles. The molecule has 0 radical (unpaired) electrons. The van der Waals surface area contributed by atoms with Gasteiger partial charge in [-0.05, 0) is 32.1 Å². The number of rotatable bonds is 5. The van der Waals surface area contributed by atoms with Gasteiger partial charge in [-0.2, -0.15) is 0 Å². The van der Waals surface area contributed by atoms with E-state index in [1.165, 1.54) is 25.7 Å². The van der Waals surface area contributed by atoms with Crippen LogP contribution in [0.3, 0.4) is 0 Å². The third-order valence-corrected chi connectivity index (χ3v) is 3.33. The largest absolute Gasteiger partial charge is 0.372 e. The van der Waals surface area contributed by atoms with Crippen LogP contribution in [0.2, 0.25) is 0 Å². The number of hydrogen-bond acceptors (Lipinski definition) is 2. The lowest BCUT2D eigenvalue weighted by Crippen LogP contribution is -2.34. The Labute approximate surface area is 99.1 Å². The van der Waals surface area contributed by atoms with Gasteiger partial charge in [0.1, 0.15) is 6.61 Å². The van der Waals surface area contributed by atoms with Crippen LogP contribution >= 0.6 is 0 Å². The molecule has 94 valence electrons. The lowest BCUT2D eigenvalue weighted by molar-refractivity contribution is -0.135. The second kappa shape index (κ2) is 7.66. The third-order valence-electron chi connectivity index (χ3n) is 3.33. The highest BCUT2D eigenvalue weighted by molar-refractivity contribution is 5.77. The maximum Gasteiger partial charge on any atom is 0.248 e. The second-order valence-corrected chi connectivity index (χ2v) is 4.60. The highest BCUT2D eigenvalue weighted by atomic mass is 16.5. The molecule has 1 atom stereocenters. The number of carbonyl (C=O) groups excluding carboxylic acids is 1. The van der Waals surface area contributed by atoms with Crippen LogP contribution in [0.4, 0.5) is 0 Å². The topological polar surface area (TPSA) is 29.5 Å². The molecule has 1 aliphatic rings. The first-order valence-corrected chi connectivity index (χ1v) is 6.63. The van der Waals surface area contributed by atoms with E-state index in [1.807, 2.05) is 11.8 Å². The zero-order chi connectivity index (χ0) is 11.8. The van der Waals surface area contributed by atoms with Crippen LogP contribution in [-0.2, 0) is 9.53 Å². The Kier molecular flexibility index (Phi) is 6.46. The van der Waals surface area contributed by atoms with E-state index in [1.54, 1.807) is 0 Å². The summed E-state index contributed by atoms with van der Waals surface area (Å²) in [4.78, 5) is 13.8. The van der Waals surface area contributed by atoms with Crippen LogP contribution in [0.5, 0.6) is 0 Å². The van der Waals surface area contributed by atoms with E-state index in [4.69, 9.17) is 4.74 Å². The fourth-order valence-corrected chi connectivity index (χ4v) is 2.39. The van der Waals surface area contributed by atoms with E-state index < -0.39 is 0 Å². The summed E-state index contributed by atoms with van der Waals surface area (Å²) in [7, 11) is 0. The van der Waals surface area contributed by atoms with Crippen molar-refractivity contribution in [2.24, 2.45) is 5.92 Å². The summed E-state index contributed by atoms with van der Waals surface area (Å²) in [6.45, 7) is 6.89. The van der Waals surface area contributed by atoms with E-state index >= 15 is 0 Å². The monoisotopic (exact) mass is 227 g/mol. The van der Waals surface area contributed by atoms with Gasteiger partial charge in [-0.1, -0.05) is 19.8 Å². The first kappa shape index (κ1) is 13.5. The first-order valence-electron chi connectivity index (χ1n) is 6.63. The number of nitrogens with zero attached hydrogens (tertiary/aromatic N) is 1. The molecule has 1 fully saturated rings. The molecule has 1 rings (SSSR count). The van der Waals surface area contributed by atoms with E-state index in [-0.39, 0.29) is 12.5 Å². The molecule has 0 spiro atoms. The Morgan fingerprint density at radius 2 is 2.12 bits per heavy atom. The van der Waals surface area contributed by atoms with Crippen molar-refractivity contribution in [3.05, 3.63) is 0 Å². The predicted molar refractivity (Wildman–Crippen MR) is 65.3 cm³/mol. The molecule has 1 amide bonds. The molecule has 1 heterocycles. The van der Waals surface area contributed by atoms with Crippen LogP contribution < -0.4 is 0 Å². The molecule has 0 aromatic rings. The second-order valence-electron chi connectivity index (χ2n) is 4.60. The van der Waals surface area contributed by atoms with Crippen molar-refractivity contribution < 1.29 is 9.53 Å². The normalized spacial score (nSPS) is 21.9. The average molecular weight is 227 g/mol. The smallest absolute Gasteiger partial charge is 0.248 e. The third kappa shape index (κ3) is 4.52. The van der Waals surface area contributed by atoms with Crippen LogP contribution in [0, 0.1) is 5.92 Å². The van der Waals surface area contributed by atoms with Crippen molar-refractivity contribution in [1.29, 1.82) is 0 Å². The van der Waals surface area contributed by atoms with Gasteiger partial charge >= 0.3 is 0 Å². The number of likely N-dealkylation sites (tertiary alicyclic amines) is 1. The SMILES string of the molecule is CCCC1CCCN(C(=O)COCC)CC1. The van der Waals surface area contributed by atoms with Gasteiger partial charge in [0.15, 0.2) is 0 Å². The Hall–Kier alpha value is -0.570. The number of hydrogen-bond donors (Lipinski definition) is 0. The molecule has 0 N–H and O–H groups in total. The molecule has 0 aromatic heterocycles. The Morgan fingerprint density at radius 3 is 2.81 bits per heavy atom. The van der Waals surface area contributed by atoms with Crippen molar-refractivity contribution in [2.45, 2.75) is 46.0 Å². The van der Waals surface area contributed by atoms with Gasteiger partial charge in [0.05, 0.1) is 0 Å². The summed E-state index contributed by atoms with van der Waals surface area (Å²) in [5, 5.41) is 0. The molecular weight excluding hydrogens is 202 g/mol. The van der Waals surface area contributed by atoms with Crippen LogP contribution in [-0.4, -0.2) is 37.1 Å². The molecule has 3 heteroatoms. The van der Waals surface area contributed by atoms with Gasteiger partial charge in [0.25, 0.3) is 0 Å². The van der Waals surface area contributed by atoms with Gasteiger partial charge in [-0.15, -0.1) is 0 Å². The zero-order valence-corrected chi connectivity index (χ0v) is 10.7. The maximum absolute atomic E-state index is 11.8. The number of ether oxygens (including phenoxy) is 1. The summed E-state index contributed by atoms with van der Waals surface area (Å²) in [6.07, 6.45) is 6.19. The van der Waals surface area contributed by atoms with Crippen molar-refractivity contribution in [3.8, 4) is 0 Å². The minimum Gasteiger partial charge on any atom is -0.372 e. The van der Waals surface area contributed by atoms with Crippen molar-refractivity contribution in [3.63, 3.8) is 0 Å². The highest BCUT2D eigenvalue weighted by Crippen LogP contribution is 2.21. The Balaban J connectivity index is 2.31. The molecule has 0 bridgehead atoms. The summed E-state index contributed by atoms with van der Waals surface area (Å²) in [6, 6.07) is 0. The summed E-state index contributed by atoms with van der Waals surface area (Å²) >= 11 is 0. The van der Waals surface area contributed by atoms with Gasteiger partial charge in [0, 0.05) is 19.7 Å². The zero-order valence-electron chi connectivity index (χ0n) is 10.7. The van der Waals surface area contributed by atoms with Crippen molar-refractivity contribution in [2.75, 3.05) is 26.3 Å².